The maximum absolute atomic E-state index is 12.4. The minimum atomic E-state index is -0.444. The van der Waals surface area contributed by atoms with Gasteiger partial charge in [0.1, 0.15) is 0 Å². The number of benzene rings is 1. The molecule has 1 aromatic rings. The van der Waals surface area contributed by atoms with E-state index in [0.717, 1.165) is 30.6 Å². The molecule has 1 fully saturated rings. The van der Waals surface area contributed by atoms with Crippen molar-refractivity contribution in [1.82, 2.24) is 4.90 Å². The number of hydrogen-bond donors (Lipinski definition) is 2. The van der Waals surface area contributed by atoms with Crippen LogP contribution in [0.5, 0.6) is 0 Å². The van der Waals surface area contributed by atoms with Crippen molar-refractivity contribution in [2.45, 2.75) is 50.7 Å². The second kappa shape index (κ2) is 8.98. The van der Waals surface area contributed by atoms with Crippen molar-refractivity contribution in [3.8, 4) is 12.3 Å². The summed E-state index contributed by atoms with van der Waals surface area (Å²) in [5, 5.41) is 11.2. The maximum atomic E-state index is 12.4. The van der Waals surface area contributed by atoms with Crippen molar-refractivity contribution < 1.29 is 9.59 Å². The third-order valence-electron chi connectivity index (χ3n) is 5.40. The normalized spacial score (nSPS) is 20.3. The smallest absolute Gasteiger partial charge is 0.224 e. The fourth-order valence-electron chi connectivity index (χ4n) is 3.65. The standard InChI is InChI=1S/C21H27N5O2/c1-2-3-11-21(24-25-21)12-10-19(27)23-18-9-5-4-7-16(18)14-26-13-6-8-17(15-26)20(22)28/h1,4-5,7,9,17H,3,6,8,10-15H2,(H2,22,28)(H,23,27). The first-order valence-electron chi connectivity index (χ1n) is 9.78. The third kappa shape index (κ3) is 5.40. The molecule has 0 spiro atoms. The highest BCUT2D eigenvalue weighted by Gasteiger charge is 2.39. The zero-order valence-electron chi connectivity index (χ0n) is 16.1. The molecule has 3 N–H and O–H groups in total. The summed E-state index contributed by atoms with van der Waals surface area (Å²) in [7, 11) is 0. The molecule has 7 nitrogen and oxygen atoms in total. The molecular formula is C21H27N5O2. The van der Waals surface area contributed by atoms with E-state index in [1.165, 1.54) is 0 Å². The first-order chi connectivity index (χ1) is 13.5. The van der Waals surface area contributed by atoms with Crippen molar-refractivity contribution in [1.29, 1.82) is 0 Å². The van der Waals surface area contributed by atoms with Gasteiger partial charge in [0.2, 0.25) is 11.8 Å². The minimum Gasteiger partial charge on any atom is -0.369 e. The SMILES string of the molecule is C#CCCC1(CCC(=O)Nc2ccccc2CN2CCCC(C(N)=O)C2)N=N1. The van der Waals surface area contributed by atoms with Crippen LogP contribution in [0.1, 0.15) is 44.1 Å². The molecule has 3 rings (SSSR count). The summed E-state index contributed by atoms with van der Waals surface area (Å²) < 4.78 is 0. The lowest BCUT2D eigenvalue weighted by atomic mass is 9.97. The number of piperidine rings is 1. The second-order valence-corrected chi connectivity index (χ2v) is 7.57. The van der Waals surface area contributed by atoms with E-state index in [4.69, 9.17) is 12.2 Å². The highest BCUT2D eigenvalue weighted by Crippen LogP contribution is 2.37. The van der Waals surface area contributed by atoms with E-state index < -0.39 is 5.66 Å². The molecule has 148 valence electrons. The Labute approximate surface area is 165 Å². The number of nitrogens with two attached hydrogens (primary N) is 1. The molecule has 1 unspecified atom stereocenters. The fraction of sp³-hybridized carbons (Fsp3) is 0.524. The van der Waals surface area contributed by atoms with Crippen molar-refractivity contribution in [3.05, 3.63) is 29.8 Å². The molecule has 1 saturated heterocycles. The molecule has 0 radical (unpaired) electrons. The highest BCUT2D eigenvalue weighted by molar-refractivity contribution is 5.91. The number of likely N-dealkylation sites (tertiary alicyclic amines) is 1. The van der Waals surface area contributed by atoms with Gasteiger partial charge in [-0.25, -0.2) is 0 Å². The average Bonchev–Trinajstić information content (AvgIpc) is 3.47. The average molecular weight is 381 g/mol. The largest absolute Gasteiger partial charge is 0.369 e. The van der Waals surface area contributed by atoms with Crippen LogP contribution in [0.4, 0.5) is 5.69 Å². The summed E-state index contributed by atoms with van der Waals surface area (Å²) in [5.74, 6) is 2.20. The fourth-order valence-corrected chi connectivity index (χ4v) is 3.65. The van der Waals surface area contributed by atoms with Crippen LogP contribution in [0, 0.1) is 18.3 Å². The number of nitrogens with one attached hydrogen (secondary N) is 1. The summed E-state index contributed by atoms with van der Waals surface area (Å²) in [6, 6.07) is 7.77. The van der Waals surface area contributed by atoms with E-state index >= 15 is 0 Å². The van der Waals surface area contributed by atoms with Gasteiger partial charge >= 0.3 is 0 Å². The van der Waals surface area contributed by atoms with E-state index in [-0.39, 0.29) is 17.7 Å². The molecule has 0 aromatic heterocycles. The topological polar surface area (TPSA) is 100 Å². The summed E-state index contributed by atoms with van der Waals surface area (Å²) >= 11 is 0. The zero-order valence-corrected chi connectivity index (χ0v) is 16.1. The molecule has 2 aliphatic rings. The number of terminal acetylenes is 1. The second-order valence-electron chi connectivity index (χ2n) is 7.57. The molecule has 2 heterocycles. The molecule has 0 bridgehead atoms. The number of carbonyl (C=O) groups excluding carboxylic acids is 2. The molecule has 0 aliphatic carbocycles. The highest BCUT2D eigenvalue weighted by atomic mass is 16.2. The number of hydrogen-bond acceptors (Lipinski definition) is 5. The quantitative estimate of drug-likeness (QED) is 0.643. The Kier molecular flexibility index (Phi) is 6.42. The van der Waals surface area contributed by atoms with Crippen molar-refractivity contribution >= 4 is 17.5 Å². The lowest BCUT2D eigenvalue weighted by Gasteiger charge is -2.31. The first-order valence-corrected chi connectivity index (χ1v) is 9.78. The Morgan fingerprint density at radius 2 is 2.11 bits per heavy atom. The third-order valence-corrected chi connectivity index (χ3v) is 5.40. The molecule has 7 heteroatoms. The molecular weight excluding hydrogens is 354 g/mol. The minimum absolute atomic E-state index is 0.0570. The Bertz CT molecular complexity index is 792. The van der Waals surface area contributed by atoms with Crippen molar-refractivity contribution in [3.63, 3.8) is 0 Å². The van der Waals surface area contributed by atoms with E-state index in [2.05, 4.69) is 26.4 Å². The van der Waals surface area contributed by atoms with Gasteiger partial charge in [0.05, 0.1) is 5.92 Å². The van der Waals surface area contributed by atoms with E-state index in [1.54, 1.807) is 0 Å². The zero-order chi connectivity index (χ0) is 20.0. The number of rotatable bonds is 9. The summed E-state index contributed by atoms with van der Waals surface area (Å²) in [6.45, 7) is 2.27. The van der Waals surface area contributed by atoms with Crippen LogP contribution >= 0.6 is 0 Å². The van der Waals surface area contributed by atoms with E-state index in [1.807, 2.05) is 24.3 Å². The van der Waals surface area contributed by atoms with Gasteiger partial charge in [-0.2, -0.15) is 10.2 Å². The monoisotopic (exact) mass is 381 g/mol. The van der Waals surface area contributed by atoms with Gasteiger partial charge < -0.3 is 11.1 Å². The molecule has 0 saturated carbocycles. The Balaban J connectivity index is 1.54. The molecule has 2 amide bonds. The Hall–Kier alpha value is -2.72. The Morgan fingerprint density at radius 3 is 2.82 bits per heavy atom. The van der Waals surface area contributed by atoms with Gasteiger partial charge in [0.25, 0.3) is 0 Å². The van der Waals surface area contributed by atoms with Crippen LogP contribution in [0.3, 0.4) is 0 Å². The van der Waals surface area contributed by atoms with Gasteiger partial charge in [0.15, 0.2) is 5.66 Å². The van der Waals surface area contributed by atoms with Crippen LogP contribution < -0.4 is 11.1 Å². The van der Waals surface area contributed by atoms with Gasteiger partial charge in [-0.15, -0.1) is 12.3 Å². The van der Waals surface area contributed by atoms with Gasteiger partial charge in [-0.3, -0.25) is 14.5 Å². The number of anilines is 1. The predicted molar refractivity (Wildman–Crippen MR) is 107 cm³/mol. The van der Waals surface area contributed by atoms with Crippen LogP contribution in [0.2, 0.25) is 0 Å². The van der Waals surface area contributed by atoms with Gasteiger partial charge in [-0.1, -0.05) is 18.2 Å². The van der Waals surface area contributed by atoms with Crippen molar-refractivity contribution in [2.75, 3.05) is 18.4 Å². The number of amides is 2. The summed E-state index contributed by atoms with van der Waals surface area (Å²) in [5.41, 5.74) is 6.86. The summed E-state index contributed by atoms with van der Waals surface area (Å²) in [4.78, 5) is 26.2. The van der Waals surface area contributed by atoms with Crippen molar-refractivity contribution in [2.24, 2.45) is 21.9 Å². The van der Waals surface area contributed by atoms with Gasteiger partial charge in [-0.05, 0) is 31.0 Å². The summed E-state index contributed by atoms with van der Waals surface area (Å²) in [6.07, 6.45) is 9.33. The van der Waals surface area contributed by atoms with Crippen LogP contribution in [0.15, 0.2) is 34.5 Å². The lowest BCUT2D eigenvalue weighted by Crippen LogP contribution is -2.40. The number of primary amides is 1. The maximum Gasteiger partial charge on any atom is 0.224 e. The lowest BCUT2D eigenvalue weighted by molar-refractivity contribution is -0.123. The molecule has 1 atom stereocenters. The molecule has 2 aliphatic heterocycles. The van der Waals surface area contributed by atoms with E-state index in [9.17, 15) is 9.59 Å². The molecule has 1 aromatic carbocycles. The van der Waals surface area contributed by atoms with E-state index in [0.29, 0.717) is 38.8 Å². The number of nitrogens with zero attached hydrogens (tertiary/aromatic N) is 3. The van der Waals surface area contributed by atoms with Gasteiger partial charge in [0, 0.05) is 44.5 Å². The Morgan fingerprint density at radius 1 is 1.32 bits per heavy atom. The molecule has 28 heavy (non-hydrogen) atoms. The predicted octanol–water partition coefficient (Wildman–Crippen LogP) is 2.68. The van der Waals surface area contributed by atoms with Crippen LogP contribution in [-0.4, -0.2) is 35.5 Å². The van der Waals surface area contributed by atoms with Crippen LogP contribution in [0.25, 0.3) is 0 Å². The van der Waals surface area contributed by atoms with Crippen LogP contribution in [-0.2, 0) is 16.1 Å². The number of carbonyl (C=O) groups is 2. The number of para-hydroxylation sites is 1. The first kappa shape index (κ1) is 20.0.